The third-order valence-corrected chi connectivity index (χ3v) is 4.90. The Morgan fingerprint density at radius 2 is 1.72 bits per heavy atom. The van der Waals surface area contributed by atoms with E-state index < -0.39 is 0 Å². The molecule has 0 spiro atoms. The van der Waals surface area contributed by atoms with E-state index in [-0.39, 0.29) is 11.6 Å². The molecular weight excluding hydrogens is 413 g/mol. The van der Waals surface area contributed by atoms with Crippen LogP contribution in [0.2, 0.25) is 0 Å². The van der Waals surface area contributed by atoms with E-state index in [1.165, 1.54) is 39.5 Å². The van der Waals surface area contributed by atoms with E-state index >= 15 is 0 Å². The van der Waals surface area contributed by atoms with Crippen molar-refractivity contribution in [3.63, 3.8) is 0 Å². The minimum absolute atomic E-state index is 0.270. The summed E-state index contributed by atoms with van der Waals surface area (Å²) in [5.41, 5.74) is 2.29. The summed E-state index contributed by atoms with van der Waals surface area (Å²) in [6.45, 7) is 0. The number of carbonyl (C=O) groups excluding carboxylic acids is 1. The molecule has 0 aliphatic carbocycles. The molecule has 2 aromatic heterocycles. The molecule has 4 aromatic rings. The first-order valence-corrected chi connectivity index (χ1v) is 9.67. The van der Waals surface area contributed by atoms with Gasteiger partial charge in [0.15, 0.2) is 17.3 Å². The lowest BCUT2D eigenvalue weighted by molar-refractivity contribution is 0.104. The number of ketones is 1. The first kappa shape index (κ1) is 21.0. The van der Waals surface area contributed by atoms with Gasteiger partial charge in [0.05, 0.1) is 32.7 Å². The van der Waals surface area contributed by atoms with Gasteiger partial charge in [-0.1, -0.05) is 0 Å². The summed E-state index contributed by atoms with van der Waals surface area (Å²) < 4.78 is 31.1. The number of fused-ring (bicyclic) bond motifs is 1. The zero-order valence-corrected chi connectivity index (χ0v) is 17.7. The van der Waals surface area contributed by atoms with Crippen molar-refractivity contribution < 1.29 is 23.4 Å². The third kappa shape index (κ3) is 3.90. The van der Waals surface area contributed by atoms with Crippen molar-refractivity contribution in [2.24, 2.45) is 0 Å². The lowest BCUT2D eigenvalue weighted by Gasteiger charge is -2.13. The standard InChI is InChI=1S/C24H20FN3O4/c1-30-20-13-16(14-21(31-2)23(20)32-3)19(29)10-9-18-22(15-5-7-17(25)8-6-15)27-24-26-11-4-12-28(18)24/h4-14H,1-3H3/b10-9+. The summed E-state index contributed by atoms with van der Waals surface area (Å²) in [6.07, 6.45) is 6.52. The zero-order chi connectivity index (χ0) is 22.7. The number of aromatic nitrogens is 3. The van der Waals surface area contributed by atoms with Crippen LogP contribution in [0.5, 0.6) is 17.2 Å². The average Bonchev–Trinajstić information content (AvgIpc) is 3.20. The number of halogens is 1. The van der Waals surface area contributed by atoms with Crippen molar-refractivity contribution in [3.05, 3.63) is 78.0 Å². The number of nitrogens with zero attached hydrogens (tertiary/aromatic N) is 3. The number of rotatable bonds is 7. The summed E-state index contributed by atoms with van der Waals surface area (Å²) in [5, 5.41) is 0. The van der Waals surface area contributed by atoms with Gasteiger partial charge in [-0.15, -0.1) is 0 Å². The van der Waals surface area contributed by atoms with Gasteiger partial charge in [-0.3, -0.25) is 9.20 Å². The Morgan fingerprint density at radius 3 is 2.34 bits per heavy atom. The Hall–Kier alpha value is -4.20. The van der Waals surface area contributed by atoms with Crippen molar-refractivity contribution in [3.8, 4) is 28.5 Å². The zero-order valence-electron chi connectivity index (χ0n) is 17.7. The highest BCUT2D eigenvalue weighted by molar-refractivity contribution is 6.07. The lowest BCUT2D eigenvalue weighted by Crippen LogP contribution is -2.00. The first-order chi connectivity index (χ1) is 15.5. The molecule has 7 nitrogen and oxygen atoms in total. The smallest absolute Gasteiger partial charge is 0.234 e. The highest BCUT2D eigenvalue weighted by Crippen LogP contribution is 2.38. The lowest BCUT2D eigenvalue weighted by atomic mass is 10.1. The molecule has 0 radical (unpaired) electrons. The second-order valence-corrected chi connectivity index (χ2v) is 6.75. The van der Waals surface area contributed by atoms with Crippen molar-refractivity contribution in [1.29, 1.82) is 0 Å². The fourth-order valence-corrected chi connectivity index (χ4v) is 3.36. The molecule has 0 aliphatic rings. The van der Waals surface area contributed by atoms with Crippen LogP contribution < -0.4 is 14.2 Å². The van der Waals surface area contributed by atoms with Gasteiger partial charge < -0.3 is 14.2 Å². The fourth-order valence-electron chi connectivity index (χ4n) is 3.36. The van der Waals surface area contributed by atoms with Gasteiger partial charge in [0, 0.05) is 23.5 Å². The predicted molar refractivity (Wildman–Crippen MR) is 118 cm³/mol. The molecule has 0 saturated heterocycles. The number of allylic oxidation sites excluding steroid dienone is 1. The second-order valence-electron chi connectivity index (χ2n) is 6.75. The van der Waals surface area contributed by atoms with Crippen LogP contribution in [0, 0.1) is 5.82 Å². The maximum Gasteiger partial charge on any atom is 0.234 e. The normalized spacial score (nSPS) is 11.1. The minimum atomic E-state index is -0.342. The van der Waals surface area contributed by atoms with Crippen LogP contribution in [0.3, 0.4) is 0 Å². The molecule has 2 heterocycles. The number of ether oxygens (including phenoxy) is 3. The Kier molecular flexibility index (Phi) is 5.85. The number of methoxy groups -OCH3 is 3. The third-order valence-electron chi connectivity index (χ3n) is 4.90. The minimum Gasteiger partial charge on any atom is -0.493 e. The highest BCUT2D eigenvalue weighted by atomic mass is 19.1. The predicted octanol–water partition coefficient (Wildman–Crippen LogP) is 4.46. The summed E-state index contributed by atoms with van der Waals surface area (Å²) in [5.74, 6) is 1.02. The molecule has 0 aliphatic heterocycles. The summed E-state index contributed by atoms with van der Waals surface area (Å²) in [6, 6.07) is 10.9. The Labute approximate surface area is 183 Å². The topological polar surface area (TPSA) is 75.0 Å². The van der Waals surface area contributed by atoms with Crippen molar-refractivity contribution in [2.75, 3.05) is 21.3 Å². The van der Waals surface area contributed by atoms with Gasteiger partial charge in [-0.2, -0.15) is 0 Å². The summed E-state index contributed by atoms with van der Waals surface area (Å²) >= 11 is 0. The molecule has 0 saturated carbocycles. The molecule has 0 bridgehead atoms. The maximum atomic E-state index is 13.4. The molecule has 8 heteroatoms. The number of hydrogen-bond donors (Lipinski definition) is 0. The van der Waals surface area contributed by atoms with Gasteiger partial charge in [0.2, 0.25) is 11.5 Å². The van der Waals surface area contributed by atoms with Gasteiger partial charge in [0.1, 0.15) is 5.82 Å². The second kappa shape index (κ2) is 8.89. The number of carbonyl (C=O) groups is 1. The summed E-state index contributed by atoms with van der Waals surface area (Å²) in [7, 11) is 4.47. The molecule has 0 N–H and O–H groups in total. The molecule has 0 fully saturated rings. The van der Waals surface area contributed by atoms with E-state index in [1.54, 1.807) is 53.2 Å². The molecule has 0 amide bonds. The van der Waals surface area contributed by atoms with Crippen LogP contribution in [0.15, 0.2) is 60.9 Å². The van der Waals surface area contributed by atoms with E-state index in [4.69, 9.17) is 14.2 Å². The Balaban J connectivity index is 1.77. The van der Waals surface area contributed by atoms with Gasteiger partial charge in [0.25, 0.3) is 0 Å². The van der Waals surface area contributed by atoms with Crippen LogP contribution in [0.4, 0.5) is 4.39 Å². The van der Waals surface area contributed by atoms with E-state index in [0.29, 0.717) is 45.5 Å². The Bertz CT molecular complexity index is 1290. The Morgan fingerprint density at radius 1 is 1.03 bits per heavy atom. The molecule has 0 unspecified atom stereocenters. The molecule has 162 valence electrons. The molecule has 2 aromatic carbocycles. The van der Waals surface area contributed by atoms with Crippen LogP contribution in [-0.4, -0.2) is 41.5 Å². The molecular formula is C24H20FN3O4. The number of benzene rings is 2. The van der Waals surface area contributed by atoms with Gasteiger partial charge in [-0.05, 0) is 54.6 Å². The monoisotopic (exact) mass is 433 g/mol. The molecule has 32 heavy (non-hydrogen) atoms. The van der Waals surface area contributed by atoms with E-state index in [2.05, 4.69) is 9.97 Å². The quantitative estimate of drug-likeness (QED) is 0.317. The molecule has 0 atom stereocenters. The van der Waals surface area contributed by atoms with E-state index in [1.807, 2.05) is 0 Å². The van der Waals surface area contributed by atoms with Gasteiger partial charge >= 0.3 is 0 Å². The van der Waals surface area contributed by atoms with Crippen LogP contribution in [0.1, 0.15) is 16.1 Å². The highest BCUT2D eigenvalue weighted by Gasteiger charge is 2.17. The average molecular weight is 433 g/mol. The summed E-state index contributed by atoms with van der Waals surface area (Å²) in [4.78, 5) is 21.8. The van der Waals surface area contributed by atoms with E-state index in [0.717, 1.165) is 0 Å². The molecule has 4 rings (SSSR count). The van der Waals surface area contributed by atoms with Crippen molar-refractivity contribution in [2.45, 2.75) is 0 Å². The number of hydrogen-bond acceptors (Lipinski definition) is 6. The SMILES string of the molecule is COc1cc(C(=O)/C=C/c2c(-c3ccc(F)cc3)nc3ncccn23)cc(OC)c1OC. The van der Waals surface area contributed by atoms with E-state index in [9.17, 15) is 9.18 Å². The van der Waals surface area contributed by atoms with Gasteiger partial charge in [-0.25, -0.2) is 14.4 Å². The van der Waals surface area contributed by atoms with Crippen LogP contribution in [0.25, 0.3) is 23.1 Å². The van der Waals surface area contributed by atoms with Crippen molar-refractivity contribution >= 4 is 17.6 Å². The van der Waals surface area contributed by atoms with Crippen LogP contribution in [-0.2, 0) is 0 Å². The number of imidazole rings is 1. The van der Waals surface area contributed by atoms with Crippen molar-refractivity contribution in [1.82, 2.24) is 14.4 Å². The maximum absolute atomic E-state index is 13.4. The largest absolute Gasteiger partial charge is 0.493 e. The first-order valence-electron chi connectivity index (χ1n) is 9.67. The fraction of sp³-hybridized carbons (Fsp3) is 0.125. The van der Waals surface area contributed by atoms with Crippen LogP contribution >= 0.6 is 0 Å².